The first-order valence-corrected chi connectivity index (χ1v) is 11.2. The monoisotopic (exact) mass is 474 g/mol. The van der Waals surface area contributed by atoms with E-state index in [1.165, 1.54) is 13.0 Å². The lowest BCUT2D eigenvalue weighted by Gasteiger charge is -2.29. The quantitative estimate of drug-likeness (QED) is 0.682. The van der Waals surface area contributed by atoms with Gasteiger partial charge in [-0.05, 0) is 18.1 Å². The molecule has 2 aromatic rings. The Bertz CT molecular complexity index is 1140. The average Bonchev–Trinajstić information content (AvgIpc) is 3.26. The summed E-state index contributed by atoms with van der Waals surface area (Å²) in [6.07, 6.45) is 9.97. The van der Waals surface area contributed by atoms with E-state index in [9.17, 15) is 13.6 Å². The largest absolute Gasteiger partial charge is 0.321 e. The maximum Gasteiger partial charge on any atom is 0.319 e. The Kier molecular flexibility index (Phi) is 6.60. The molecule has 0 saturated carbocycles. The predicted molar refractivity (Wildman–Crippen MR) is 124 cm³/mol. The van der Waals surface area contributed by atoms with Crippen LogP contribution in [0.2, 0.25) is 5.02 Å². The molecule has 4 rings (SSSR count). The van der Waals surface area contributed by atoms with Crippen LogP contribution in [0.4, 0.5) is 13.6 Å². The van der Waals surface area contributed by atoms with E-state index in [2.05, 4.69) is 20.4 Å². The maximum atomic E-state index is 13.8. The second-order valence-electron chi connectivity index (χ2n) is 8.08. The molecule has 0 aromatic carbocycles. The number of aryl methyl sites for hydroxylation is 1. The van der Waals surface area contributed by atoms with Crippen LogP contribution in [0.3, 0.4) is 0 Å². The summed E-state index contributed by atoms with van der Waals surface area (Å²) in [7, 11) is 1.85. The minimum atomic E-state index is -2.89. The minimum Gasteiger partial charge on any atom is -0.321 e. The zero-order valence-electron chi connectivity index (χ0n) is 18.4. The predicted octanol–water partition coefficient (Wildman–Crippen LogP) is 4.71. The first-order chi connectivity index (χ1) is 15.8. The molecule has 1 atom stereocenters. The van der Waals surface area contributed by atoms with Crippen molar-refractivity contribution in [1.29, 1.82) is 0 Å². The van der Waals surface area contributed by atoms with Gasteiger partial charge in [-0.25, -0.2) is 13.6 Å². The first-order valence-electron chi connectivity index (χ1n) is 10.8. The van der Waals surface area contributed by atoms with Gasteiger partial charge in [-0.3, -0.25) is 14.7 Å². The maximum absolute atomic E-state index is 13.8. The zero-order valence-corrected chi connectivity index (χ0v) is 19.2. The fourth-order valence-electron chi connectivity index (χ4n) is 3.77. The van der Waals surface area contributed by atoms with Gasteiger partial charge in [0.05, 0.1) is 16.9 Å². The topological polar surface area (TPSA) is 75.4 Å². The number of nitrogens with zero attached hydrogens (tertiary/aromatic N) is 5. The number of alkyl halides is 2. The number of halogens is 3. The molecule has 2 amide bonds. The number of urea groups is 1. The highest BCUT2D eigenvalue weighted by atomic mass is 35.5. The van der Waals surface area contributed by atoms with Crippen LogP contribution in [0.1, 0.15) is 31.9 Å². The Morgan fingerprint density at radius 2 is 2.12 bits per heavy atom. The molecule has 0 saturated heterocycles. The Balaban J connectivity index is 1.35. The molecule has 7 nitrogen and oxygen atoms in total. The number of carbonyl (C=O) groups excluding carboxylic acids is 1. The molecule has 2 aliphatic rings. The smallest absolute Gasteiger partial charge is 0.319 e. The van der Waals surface area contributed by atoms with Gasteiger partial charge in [-0.2, -0.15) is 5.10 Å². The molecule has 0 radical (unpaired) electrons. The molecular formula is C23H25ClF2N6O. The minimum absolute atomic E-state index is 0.0972. The highest BCUT2D eigenvalue weighted by Crippen LogP contribution is 2.31. The third kappa shape index (κ3) is 5.13. The third-order valence-corrected chi connectivity index (χ3v) is 6.08. The number of amides is 2. The van der Waals surface area contributed by atoms with E-state index in [0.717, 1.165) is 22.9 Å². The summed E-state index contributed by atoms with van der Waals surface area (Å²) in [4.78, 5) is 22.9. The van der Waals surface area contributed by atoms with Gasteiger partial charge in [0.25, 0.3) is 5.92 Å². The number of aliphatic imine (C=N–C) groups is 1. The van der Waals surface area contributed by atoms with Crippen molar-refractivity contribution >= 4 is 29.4 Å². The number of hydrogen-bond acceptors (Lipinski definition) is 4. The lowest BCUT2D eigenvalue weighted by atomic mass is 10.0. The van der Waals surface area contributed by atoms with Gasteiger partial charge in [0, 0.05) is 68.3 Å². The van der Waals surface area contributed by atoms with E-state index in [1.807, 2.05) is 25.4 Å². The van der Waals surface area contributed by atoms with Gasteiger partial charge in [0.1, 0.15) is 6.17 Å². The van der Waals surface area contributed by atoms with Crippen molar-refractivity contribution in [2.45, 2.75) is 38.3 Å². The Morgan fingerprint density at radius 3 is 2.70 bits per heavy atom. The van der Waals surface area contributed by atoms with Crippen LogP contribution in [0.15, 0.2) is 47.4 Å². The zero-order chi connectivity index (χ0) is 23.6. The van der Waals surface area contributed by atoms with Crippen molar-refractivity contribution in [1.82, 2.24) is 25.0 Å². The molecule has 0 bridgehead atoms. The van der Waals surface area contributed by atoms with Gasteiger partial charge < -0.3 is 10.2 Å². The molecule has 10 heteroatoms. The third-order valence-electron chi connectivity index (χ3n) is 5.79. The Labute approximate surface area is 195 Å². The molecule has 33 heavy (non-hydrogen) atoms. The van der Waals surface area contributed by atoms with Crippen LogP contribution in [-0.2, 0) is 7.05 Å². The second kappa shape index (κ2) is 9.43. The number of aromatic nitrogens is 3. The number of rotatable bonds is 5. The van der Waals surface area contributed by atoms with Crippen LogP contribution in [0.5, 0.6) is 0 Å². The summed E-state index contributed by atoms with van der Waals surface area (Å²) < 4.78 is 29.2. The van der Waals surface area contributed by atoms with Crippen LogP contribution in [0.25, 0.3) is 16.7 Å². The van der Waals surface area contributed by atoms with Crippen molar-refractivity contribution in [3.63, 3.8) is 0 Å². The standard InChI is InChI=1S/C23H25ClF2N6O/c1-3-23(25,26)18-4-5-20(27-13-18)30-22(33)32-8-6-15(7-9-32)21-19(24)10-16(11-28-21)17-12-29-31(2)14-17/h4,6,10-14,20H,3,5,7-9H2,1-2H3,(H,30,33). The van der Waals surface area contributed by atoms with Crippen molar-refractivity contribution in [3.05, 3.63) is 53.1 Å². The molecule has 2 aromatic heterocycles. The molecule has 2 aliphatic heterocycles. The van der Waals surface area contributed by atoms with Crippen molar-refractivity contribution in [2.75, 3.05) is 13.1 Å². The molecule has 4 heterocycles. The van der Waals surface area contributed by atoms with E-state index < -0.39 is 12.1 Å². The van der Waals surface area contributed by atoms with E-state index in [1.54, 1.807) is 22.0 Å². The van der Waals surface area contributed by atoms with Gasteiger partial charge in [-0.1, -0.05) is 30.7 Å². The van der Waals surface area contributed by atoms with Crippen molar-refractivity contribution < 1.29 is 13.6 Å². The average molecular weight is 475 g/mol. The fraction of sp³-hybridized carbons (Fsp3) is 0.391. The number of nitrogens with one attached hydrogen (secondary N) is 1. The molecule has 174 valence electrons. The summed E-state index contributed by atoms with van der Waals surface area (Å²) in [6.45, 7) is 2.32. The summed E-state index contributed by atoms with van der Waals surface area (Å²) in [5.41, 5.74) is 3.41. The number of pyridine rings is 1. The lowest BCUT2D eigenvalue weighted by Crippen LogP contribution is -2.46. The van der Waals surface area contributed by atoms with Gasteiger partial charge in [0.2, 0.25) is 0 Å². The summed E-state index contributed by atoms with van der Waals surface area (Å²) in [6, 6.07) is 1.59. The molecule has 0 aliphatic carbocycles. The SMILES string of the molecule is CCC(F)(F)C1=CCC(NC(=O)N2CC=C(c3ncc(-c4cnn(C)c4)cc3Cl)CC2)N=C1. The van der Waals surface area contributed by atoms with Crippen molar-refractivity contribution in [3.8, 4) is 11.1 Å². The van der Waals surface area contributed by atoms with E-state index in [-0.39, 0.29) is 24.4 Å². The van der Waals surface area contributed by atoms with Gasteiger partial charge in [0.15, 0.2) is 0 Å². The Morgan fingerprint density at radius 1 is 1.30 bits per heavy atom. The molecule has 1 unspecified atom stereocenters. The van der Waals surface area contributed by atoms with Crippen molar-refractivity contribution in [2.24, 2.45) is 12.0 Å². The number of allylic oxidation sites excluding steroid dienone is 1. The fourth-order valence-corrected chi connectivity index (χ4v) is 4.06. The van der Waals surface area contributed by atoms with E-state index in [4.69, 9.17) is 11.6 Å². The molecule has 0 spiro atoms. The van der Waals surface area contributed by atoms with Crippen LogP contribution in [0, 0.1) is 0 Å². The molecule has 1 N–H and O–H groups in total. The first kappa shape index (κ1) is 23.1. The number of carbonyl (C=O) groups is 1. The highest BCUT2D eigenvalue weighted by molar-refractivity contribution is 6.32. The molecular weight excluding hydrogens is 450 g/mol. The Hall–Kier alpha value is -3.07. The summed E-state index contributed by atoms with van der Waals surface area (Å²) >= 11 is 6.50. The summed E-state index contributed by atoms with van der Waals surface area (Å²) in [5, 5.41) is 7.50. The highest BCUT2D eigenvalue weighted by Gasteiger charge is 2.32. The number of hydrogen-bond donors (Lipinski definition) is 1. The normalized spacial score (nSPS) is 18.7. The lowest BCUT2D eigenvalue weighted by molar-refractivity contribution is 0.0438. The summed E-state index contributed by atoms with van der Waals surface area (Å²) in [5.74, 6) is -2.89. The van der Waals surface area contributed by atoms with Gasteiger partial charge in [-0.15, -0.1) is 0 Å². The van der Waals surface area contributed by atoms with Gasteiger partial charge >= 0.3 is 6.03 Å². The second-order valence-corrected chi connectivity index (χ2v) is 8.49. The molecule has 0 fully saturated rings. The van der Waals surface area contributed by atoms with Crippen LogP contribution >= 0.6 is 11.6 Å². The number of dihydropyridines is 1. The van der Waals surface area contributed by atoms with Crippen LogP contribution < -0.4 is 5.32 Å². The van der Waals surface area contributed by atoms with E-state index in [0.29, 0.717) is 30.2 Å². The van der Waals surface area contributed by atoms with E-state index >= 15 is 0 Å². The van der Waals surface area contributed by atoms with Crippen LogP contribution in [-0.4, -0.2) is 57.1 Å².